The van der Waals surface area contributed by atoms with Crippen LogP contribution in [0.25, 0.3) is 0 Å². The summed E-state index contributed by atoms with van der Waals surface area (Å²) >= 11 is 0. The molecule has 0 radical (unpaired) electrons. The van der Waals surface area contributed by atoms with Crippen molar-refractivity contribution in [2.45, 2.75) is 45.3 Å². The van der Waals surface area contributed by atoms with E-state index in [9.17, 15) is 10.2 Å². The molecule has 0 spiro atoms. The van der Waals surface area contributed by atoms with Gasteiger partial charge >= 0.3 is 0 Å². The molecule has 1 saturated heterocycles. The summed E-state index contributed by atoms with van der Waals surface area (Å²) in [5.74, 6) is 0.870. The van der Waals surface area contributed by atoms with Crippen LogP contribution in [-0.4, -0.2) is 45.6 Å². The molecule has 0 aromatic carbocycles. The summed E-state index contributed by atoms with van der Waals surface area (Å²) in [5, 5.41) is 23.3. The smallest absolute Gasteiger partial charge is 0.138 e. The third-order valence-electron chi connectivity index (χ3n) is 3.87. The van der Waals surface area contributed by atoms with E-state index in [0.717, 1.165) is 43.1 Å². The van der Waals surface area contributed by atoms with E-state index in [1.54, 1.807) is 0 Å². The van der Waals surface area contributed by atoms with Gasteiger partial charge in [-0.2, -0.15) is 0 Å². The minimum absolute atomic E-state index is 0.147. The summed E-state index contributed by atoms with van der Waals surface area (Å²) < 4.78 is 5.16. The van der Waals surface area contributed by atoms with Crippen molar-refractivity contribution in [2.24, 2.45) is 0 Å². The molecule has 1 aliphatic rings. The summed E-state index contributed by atoms with van der Waals surface area (Å²) in [7, 11) is 0. The molecule has 5 nitrogen and oxygen atoms in total. The number of aliphatic hydroxyl groups excluding tert-OH is 1. The highest BCUT2D eigenvalue weighted by Crippen LogP contribution is 2.24. The first-order valence-electron chi connectivity index (χ1n) is 6.51. The van der Waals surface area contributed by atoms with Crippen LogP contribution in [0.4, 0.5) is 0 Å². The van der Waals surface area contributed by atoms with Crippen molar-refractivity contribution in [2.75, 3.05) is 19.7 Å². The fourth-order valence-corrected chi connectivity index (χ4v) is 2.50. The van der Waals surface area contributed by atoms with Gasteiger partial charge in [-0.1, -0.05) is 5.16 Å². The highest BCUT2D eigenvalue weighted by Gasteiger charge is 2.29. The fourth-order valence-electron chi connectivity index (χ4n) is 2.50. The van der Waals surface area contributed by atoms with Gasteiger partial charge in [0.05, 0.1) is 17.9 Å². The molecule has 102 valence electrons. The van der Waals surface area contributed by atoms with Gasteiger partial charge in [-0.05, 0) is 39.7 Å². The van der Waals surface area contributed by atoms with E-state index in [-0.39, 0.29) is 6.61 Å². The summed E-state index contributed by atoms with van der Waals surface area (Å²) in [5.41, 5.74) is 1.19. The average Bonchev–Trinajstić information content (AvgIpc) is 2.57. The molecular formula is C13H22N2O3. The maximum atomic E-state index is 10.1. The van der Waals surface area contributed by atoms with Gasteiger partial charge in [-0.15, -0.1) is 0 Å². The molecule has 2 rings (SSSR count). The zero-order valence-electron chi connectivity index (χ0n) is 11.1. The van der Waals surface area contributed by atoms with Crippen molar-refractivity contribution in [3.05, 3.63) is 17.0 Å². The van der Waals surface area contributed by atoms with Crippen LogP contribution in [0.3, 0.4) is 0 Å². The van der Waals surface area contributed by atoms with E-state index in [4.69, 9.17) is 4.52 Å². The Bertz CT molecular complexity index is 385. The van der Waals surface area contributed by atoms with Gasteiger partial charge in [0.2, 0.25) is 0 Å². The van der Waals surface area contributed by atoms with Crippen molar-refractivity contribution in [3.63, 3.8) is 0 Å². The molecule has 1 fully saturated rings. The predicted octanol–water partition coefficient (Wildman–Crippen LogP) is 1.00. The van der Waals surface area contributed by atoms with Crippen LogP contribution in [-0.2, 0) is 6.54 Å². The minimum Gasteiger partial charge on any atom is -0.393 e. The lowest BCUT2D eigenvalue weighted by atomic mass is 9.96. The van der Waals surface area contributed by atoms with Gasteiger partial charge in [0, 0.05) is 18.7 Å². The van der Waals surface area contributed by atoms with Crippen LogP contribution in [0.15, 0.2) is 4.52 Å². The molecule has 1 atom stereocenters. The Morgan fingerprint density at radius 1 is 1.33 bits per heavy atom. The Kier molecular flexibility index (Phi) is 4.04. The second-order valence-electron chi connectivity index (χ2n) is 5.31. The van der Waals surface area contributed by atoms with Crippen LogP contribution >= 0.6 is 0 Å². The normalized spacial score (nSPS) is 26.2. The average molecular weight is 254 g/mol. The Morgan fingerprint density at radius 2 is 2.11 bits per heavy atom. The van der Waals surface area contributed by atoms with Crippen molar-refractivity contribution < 1.29 is 14.7 Å². The van der Waals surface area contributed by atoms with Crippen molar-refractivity contribution in [1.82, 2.24) is 10.1 Å². The van der Waals surface area contributed by atoms with Gasteiger partial charge in [0.1, 0.15) is 5.76 Å². The van der Waals surface area contributed by atoms with E-state index >= 15 is 0 Å². The molecule has 2 heterocycles. The van der Waals surface area contributed by atoms with Gasteiger partial charge < -0.3 is 14.7 Å². The standard InChI is InChI=1S/C13H22N2O3/c1-10-12(11(2)18-14-10)8-15-6-3-4-13(17,9-16)5-7-15/h16-17H,3-9H2,1-2H3/t13-/m1/s1. The Labute approximate surface area is 107 Å². The Hall–Kier alpha value is -0.910. The third-order valence-corrected chi connectivity index (χ3v) is 3.87. The van der Waals surface area contributed by atoms with Gasteiger partial charge in [-0.25, -0.2) is 0 Å². The van der Waals surface area contributed by atoms with E-state index in [1.807, 2.05) is 13.8 Å². The fraction of sp³-hybridized carbons (Fsp3) is 0.769. The molecule has 0 bridgehead atoms. The zero-order valence-corrected chi connectivity index (χ0v) is 11.1. The molecule has 1 aromatic rings. The van der Waals surface area contributed by atoms with Crippen LogP contribution in [0.2, 0.25) is 0 Å². The van der Waals surface area contributed by atoms with Crippen LogP contribution < -0.4 is 0 Å². The SMILES string of the molecule is Cc1noc(C)c1CN1CCC[C@](O)(CO)CC1. The van der Waals surface area contributed by atoms with Crippen molar-refractivity contribution in [3.8, 4) is 0 Å². The highest BCUT2D eigenvalue weighted by molar-refractivity contribution is 5.20. The number of aryl methyl sites for hydroxylation is 2. The van der Waals surface area contributed by atoms with Gasteiger partial charge in [-0.3, -0.25) is 4.90 Å². The molecule has 0 amide bonds. The number of aromatic nitrogens is 1. The van der Waals surface area contributed by atoms with Gasteiger partial charge in [0.15, 0.2) is 0 Å². The summed E-state index contributed by atoms with van der Waals surface area (Å²) in [6.45, 7) is 6.27. The topological polar surface area (TPSA) is 69.7 Å². The first-order valence-corrected chi connectivity index (χ1v) is 6.51. The maximum absolute atomic E-state index is 10.1. The lowest BCUT2D eigenvalue weighted by molar-refractivity contribution is -0.0255. The Morgan fingerprint density at radius 3 is 2.72 bits per heavy atom. The summed E-state index contributed by atoms with van der Waals surface area (Å²) in [6.07, 6.45) is 2.19. The molecule has 0 unspecified atom stereocenters. The van der Waals surface area contributed by atoms with Crippen LogP contribution in [0.5, 0.6) is 0 Å². The van der Waals surface area contributed by atoms with E-state index in [1.165, 1.54) is 0 Å². The monoisotopic (exact) mass is 254 g/mol. The number of rotatable bonds is 3. The summed E-state index contributed by atoms with van der Waals surface area (Å²) in [4.78, 5) is 2.29. The van der Waals surface area contributed by atoms with Gasteiger partial charge in [0.25, 0.3) is 0 Å². The first-order chi connectivity index (χ1) is 8.54. The van der Waals surface area contributed by atoms with Crippen molar-refractivity contribution in [1.29, 1.82) is 0 Å². The van der Waals surface area contributed by atoms with Crippen LogP contribution in [0, 0.1) is 13.8 Å². The number of likely N-dealkylation sites (tertiary alicyclic amines) is 1. The quantitative estimate of drug-likeness (QED) is 0.842. The molecule has 1 aliphatic heterocycles. The van der Waals surface area contributed by atoms with E-state index < -0.39 is 5.60 Å². The first kappa shape index (κ1) is 13.5. The van der Waals surface area contributed by atoms with Crippen molar-refractivity contribution >= 4 is 0 Å². The second kappa shape index (κ2) is 5.38. The molecule has 0 aliphatic carbocycles. The van der Waals surface area contributed by atoms with E-state index in [2.05, 4.69) is 10.1 Å². The summed E-state index contributed by atoms with van der Waals surface area (Å²) in [6, 6.07) is 0. The third kappa shape index (κ3) is 2.91. The second-order valence-corrected chi connectivity index (χ2v) is 5.31. The van der Waals surface area contributed by atoms with Crippen LogP contribution in [0.1, 0.15) is 36.3 Å². The minimum atomic E-state index is -0.895. The molecule has 2 N–H and O–H groups in total. The lowest BCUT2D eigenvalue weighted by Gasteiger charge is -2.24. The predicted molar refractivity (Wildman–Crippen MR) is 67.1 cm³/mol. The number of hydrogen-bond donors (Lipinski definition) is 2. The van der Waals surface area contributed by atoms with E-state index in [0.29, 0.717) is 12.8 Å². The molecular weight excluding hydrogens is 232 g/mol. The number of nitrogens with zero attached hydrogens (tertiary/aromatic N) is 2. The highest BCUT2D eigenvalue weighted by atomic mass is 16.5. The Balaban J connectivity index is 1.99. The largest absolute Gasteiger partial charge is 0.393 e. The molecule has 0 saturated carbocycles. The lowest BCUT2D eigenvalue weighted by Crippen LogP contribution is -2.34. The molecule has 5 heteroatoms. The number of hydrogen-bond acceptors (Lipinski definition) is 5. The maximum Gasteiger partial charge on any atom is 0.138 e. The zero-order chi connectivity index (χ0) is 13.2. The number of aliphatic hydroxyl groups is 2. The molecule has 1 aromatic heterocycles. The molecule has 18 heavy (non-hydrogen) atoms.